The fraction of sp³-hybridized carbons (Fsp3) is 0.917. The minimum atomic E-state index is -0.754. The van der Waals surface area contributed by atoms with Gasteiger partial charge in [0.15, 0.2) is 0 Å². The second-order valence-corrected chi connectivity index (χ2v) is 4.96. The Kier molecular flexibility index (Phi) is 4.56. The smallest absolute Gasteiger partial charge is 0.319 e. The summed E-state index contributed by atoms with van der Waals surface area (Å²) in [6.07, 6.45) is -0.275. The van der Waals surface area contributed by atoms with E-state index in [9.17, 15) is 9.18 Å². The number of likely N-dealkylation sites (tertiary alicyclic amines) is 1. The van der Waals surface area contributed by atoms with Crippen LogP contribution in [0.15, 0.2) is 0 Å². The molecule has 0 N–H and O–H groups in total. The molecule has 2 atom stereocenters. The molecule has 94 valence electrons. The van der Waals surface area contributed by atoms with E-state index >= 15 is 0 Å². The number of nitrogens with zero attached hydrogens (tertiary/aromatic N) is 2. The largest absolute Gasteiger partial charge is 0.328 e. The van der Waals surface area contributed by atoms with Gasteiger partial charge in [0.25, 0.3) is 0 Å². The van der Waals surface area contributed by atoms with Crippen molar-refractivity contribution in [3.05, 3.63) is 0 Å². The van der Waals surface area contributed by atoms with Crippen LogP contribution in [0.5, 0.6) is 0 Å². The van der Waals surface area contributed by atoms with Crippen LogP contribution < -0.4 is 0 Å². The molecule has 0 aromatic heterocycles. The highest BCUT2D eigenvalue weighted by Crippen LogP contribution is 2.27. The Balaban J connectivity index is 2.61. The first-order valence-corrected chi connectivity index (χ1v) is 6.11. The lowest BCUT2D eigenvalue weighted by Gasteiger charge is -2.38. The van der Waals surface area contributed by atoms with Gasteiger partial charge in [-0.2, -0.15) is 0 Å². The zero-order valence-electron chi connectivity index (χ0n) is 10.7. The van der Waals surface area contributed by atoms with E-state index in [0.717, 1.165) is 0 Å². The molecule has 0 spiro atoms. The molecular weight excluding hydrogens is 207 g/mol. The fourth-order valence-corrected chi connectivity index (χ4v) is 2.13. The van der Waals surface area contributed by atoms with Crippen molar-refractivity contribution in [3.63, 3.8) is 0 Å². The van der Waals surface area contributed by atoms with E-state index in [1.165, 1.54) is 0 Å². The molecule has 4 heteroatoms. The maximum atomic E-state index is 13.7. The Morgan fingerprint density at radius 3 is 2.69 bits per heavy atom. The van der Waals surface area contributed by atoms with E-state index in [0.29, 0.717) is 26.1 Å². The third-order valence-corrected chi connectivity index (χ3v) is 3.50. The summed E-state index contributed by atoms with van der Waals surface area (Å²) < 4.78 is 13.7. The summed E-state index contributed by atoms with van der Waals surface area (Å²) in [5.74, 6) is 0.278. The molecule has 16 heavy (non-hydrogen) atoms. The second kappa shape index (κ2) is 5.51. The van der Waals surface area contributed by atoms with E-state index in [1.54, 1.807) is 16.8 Å². The van der Waals surface area contributed by atoms with Crippen molar-refractivity contribution < 1.29 is 9.18 Å². The topological polar surface area (TPSA) is 23.6 Å². The van der Waals surface area contributed by atoms with Crippen LogP contribution in [0.4, 0.5) is 9.18 Å². The lowest BCUT2D eigenvalue weighted by atomic mass is 9.86. The van der Waals surface area contributed by atoms with Crippen molar-refractivity contribution in [2.45, 2.75) is 33.4 Å². The van der Waals surface area contributed by atoms with E-state index in [2.05, 4.69) is 0 Å². The molecule has 1 aliphatic heterocycles. The molecule has 1 fully saturated rings. The van der Waals surface area contributed by atoms with Crippen LogP contribution in [0.3, 0.4) is 0 Å². The number of carbonyl (C=O) groups is 1. The number of alkyl halides is 1. The molecule has 2 unspecified atom stereocenters. The summed E-state index contributed by atoms with van der Waals surface area (Å²) in [7, 11) is 1.79. The number of urea groups is 1. The van der Waals surface area contributed by atoms with Gasteiger partial charge >= 0.3 is 6.03 Å². The molecule has 0 bridgehead atoms. The molecule has 0 radical (unpaired) electrons. The van der Waals surface area contributed by atoms with Crippen molar-refractivity contribution in [2.24, 2.45) is 11.8 Å². The van der Waals surface area contributed by atoms with Crippen molar-refractivity contribution >= 4 is 6.03 Å². The number of halogens is 1. The molecular formula is C12H23FN2O. The minimum absolute atomic E-state index is 0.0112. The van der Waals surface area contributed by atoms with Crippen LogP contribution in [0, 0.1) is 11.8 Å². The Labute approximate surface area is 97.6 Å². The summed E-state index contributed by atoms with van der Waals surface area (Å²) in [5, 5.41) is 0. The fourth-order valence-electron chi connectivity index (χ4n) is 2.13. The molecule has 0 aromatic rings. The van der Waals surface area contributed by atoms with Crippen molar-refractivity contribution in [3.8, 4) is 0 Å². The van der Waals surface area contributed by atoms with Gasteiger partial charge in [0.2, 0.25) is 0 Å². The summed E-state index contributed by atoms with van der Waals surface area (Å²) in [5.41, 5.74) is 0. The quantitative estimate of drug-likeness (QED) is 0.714. The van der Waals surface area contributed by atoms with Crippen LogP contribution in [0.25, 0.3) is 0 Å². The molecule has 1 aliphatic rings. The van der Waals surface area contributed by atoms with Gasteiger partial charge in [-0.1, -0.05) is 13.8 Å². The highest BCUT2D eigenvalue weighted by molar-refractivity contribution is 5.74. The van der Waals surface area contributed by atoms with E-state index in [-0.39, 0.29) is 17.9 Å². The van der Waals surface area contributed by atoms with Gasteiger partial charge in [-0.25, -0.2) is 9.18 Å². The standard InChI is InChI=1S/C12H23FN2O/c1-5-14(4)12(16)15-7-6-11(13)10(8-15)9(2)3/h9-11H,5-8H2,1-4H3. The molecule has 0 aliphatic carbocycles. The molecule has 1 heterocycles. The van der Waals surface area contributed by atoms with Crippen LogP contribution >= 0.6 is 0 Å². The van der Waals surface area contributed by atoms with E-state index in [4.69, 9.17) is 0 Å². The molecule has 0 aromatic carbocycles. The van der Waals surface area contributed by atoms with Gasteiger partial charge < -0.3 is 9.80 Å². The third kappa shape index (κ3) is 2.86. The van der Waals surface area contributed by atoms with Crippen LogP contribution in [0.1, 0.15) is 27.2 Å². The van der Waals surface area contributed by atoms with Gasteiger partial charge in [0.05, 0.1) is 0 Å². The highest BCUT2D eigenvalue weighted by atomic mass is 19.1. The van der Waals surface area contributed by atoms with Crippen molar-refractivity contribution in [1.82, 2.24) is 9.80 Å². The normalized spacial score (nSPS) is 26.0. The second-order valence-electron chi connectivity index (χ2n) is 4.96. The lowest BCUT2D eigenvalue weighted by Crippen LogP contribution is -2.50. The van der Waals surface area contributed by atoms with Crippen molar-refractivity contribution in [2.75, 3.05) is 26.7 Å². The highest BCUT2D eigenvalue weighted by Gasteiger charge is 2.33. The Morgan fingerprint density at radius 2 is 2.19 bits per heavy atom. The van der Waals surface area contributed by atoms with Gasteiger partial charge in [-0.3, -0.25) is 0 Å². The zero-order valence-corrected chi connectivity index (χ0v) is 10.7. The Morgan fingerprint density at radius 1 is 1.56 bits per heavy atom. The maximum absolute atomic E-state index is 13.7. The summed E-state index contributed by atoms with van der Waals surface area (Å²) in [4.78, 5) is 15.4. The first-order valence-electron chi connectivity index (χ1n) is 6.11. The first-order chi connectivity index (χ1) is 7.47. The number of hydrogen-bond donors (Lipinski definition) is 0. The molecule has 2 amide bonds. The molecule has 3 nitrogen and oxygen atoms in total. The van der Waals surface area contributed by atoms with Gasteiger partial charge in [-0.15, -0.1) is 0 Å². The van der Waals surface area contributed by atoms with Gasteiger partial charge in [-0.05, 0) is 19.3 Å². The number of amides is 2. The maximum Gasteiger partial charge on any atom is 0.319 e. The molecule has 1 saturated heterocycles. The Bertz CT molecular complexity index is 245. The van der Waals surface area contributed by atoms with Crippen LogP contribution in [-0.2, 0) is 0 Å². The van der Waals surface area contributed by atoms with Crippen molar-refractivity contribution in [1.29, 1.82) is 0 Å². The predicted octanol–water partition coefficient (Wildman–Crippen LogP) is 2.37. The Hall–Kier alpha value is -0.800. The minimum Gasteiger partial charge on any atom is -0.328 e. The lowest BCUT2D eigenvalue weighted by molar-refractivity contribution is 0.0674. The number of rotatable bonds is 2. The SMILES string of the molecule is CCN(C)C(=O)N1CCC(F)C(C(C)C)C1. The first kappa shape index (κ1) is 13.3. The average molecular weight is 230 g/mol. The molecule has 0 saturated carbocycles. The van der Waals surface area contributed by atoms with E-state index in [1.807, 2.05) is 20.8 Å². The summed E-state index contributed by atoms with van der Waals surface area (Å²) in [6.45, 7) is 7.79. The summed E-state index contributed by atoms with van der Waals surface area (Å²) in [6, 6.07) is 0.0278. The van der Waals surface area contributed by atoms with Crippen LogP contribution in [-0.4, -0.2) is 48.7 Å². The van der Waals surface area contributed by atoms with E-state index < -0.39 is 6.17 Å². The van der Waals surface area contributed by atoms with Crippen LogP contribution in [0.2, 0.25) is 0 Å². The zero-order chi connectivity index (χ0) is 12.3. The number of hydrogen-bond acceptors (Lipinski definition) is 1. The number of carbonyl (C=O) groups excluding carboxylic acids is 1. The molecule has 1 rings (SSSR count). The number of piperidine rings is 1. The summed E-state index contributed by atoms with van der Waals surface area (Å²) >= 11 is 0. The van der Waals surface area contributed by atoms with Gasteiger partial charge in [0.1, 0.15) is 6.17 Å². The monoisotopic (exact) mass is 230 g/mol. The van der Waals surface area contributed by atoms with Gasteiger partial charge in [0, 0.05) is 32.6 Å². The average Bonchev–Trinajstić information content (AvgIpc) is 2.27. The third-order valence-electron chi connectivity index (χ3n) is 3.50. The predicted molar refractivity (Wildman–Crippen MR) is 63.1 cm³/mol.